The van der Waals surface area contributed by atoms with Crippen molar-refractivity contribution in [3.8, 4) is 0 Å². The Kier molecular flexibility index (Phi) is 4.59. The molecule has 0 aliphatic heterocycles. The van der Waals surface area contributed by atoms with Crippen molar-refractivity contribution in [2.75, 3.05) is 0 Å². The molecule has 4 nitrogen and oxygen atoms in total. The van der Waals surface area contributed by atoms with Gasteiger partial charge in [0.1, 0.15) is 5.71 Å². The minimum atomic E-state index is 0.910. The minimum absolute atomic E-state index is 0.910. The molecule has 0 fully saturated rings. The van der Waals surface area contributed by atoms with E-state index >= 15 is 0 Å². The Hall–Kier alpha value is -2.23. The van der Waals surface area contributed by atoms with Crippen LogP contribution in [0.1, 0.15) is 42.2 Å². The number of pyridine rings is 1. The van der Waals surface area contributed by atoms with Gasteiger partial charge in [-0.05, 0) is 52.3 Å². The van der Waals surface area contributed by atoms with Gasteiger partial charge in [0, 0.05) is 42.5 Å². The maximum atomic E-state index is 4.73. The van der Waals surface area contributed by atoms with Gasteiger partial charge in [-0.1, -0.05) is 4.68 Å². The number of aromatic nitrogens is 2. The van der Waals surface area contributed by atoms with E-state index in [0.29, 0.717) is 0 Å². The predicted octanol–water partition coefficient (Wildman–Crippen LogP) is 3.47. The zero-order chi connectivity index (χ0) is 16.4. The van der Waals surface area contributed by atoms with E-state index in [0.717, 1.165) is 34.2 Å². The predicted molar refractivity (Wildman–Crippen MR) is 91.8 cm³/mol. The maximum absolute atomic E-state index is 4.73. The van der Waals surface area contributed by atoms with Crippen molar-refractivity contribution in [2.45, 2.75) is 48.5 Å². The minimum Gasteiger partial charge on any atom is -0.242 e. The van der Waals surface area contributed by atoms with Crippen molar-refractivity contribution in [2.24, 2.45) is 10.2 Å². The lowest BCUT2D eigenvalue weighted by Crippen LogP contribution is -2.37. The molecule has 4 heteroatoms. The summed E-state index contributed by atoms with van der Waals surface area (Å²) in [7, 11) is 0. The molecule has 22 heavy (non-hydrogen) atoms. The van der Waals surface area contributed by atoms with E-state index in [1.165, 1.54) is 5.56 Å². The van der Waals surface area contributed by atoms with Crippen molar-refractivity contribution in [1.29, 1.82) is 0 Å². The SMILES string of the molecule is CC(=N/n1c(C)ccc1C)/C(C)=N\[n+]1c(C)cc(C)cc1C. The summed E-state index contributed by atoms with van der Waals surface area (Å²) in [6.07, 6.45) is 0. The molecular formula is C18H25N4+. The molecule has 0 saturated carbocycles. The highest BCUT2D eigenvalue weighted by atomic mass is 15.4. The van der Waals surface area contributed by atoms with E-state index in [-0.39, 0.29) is 0 Å². The molecule has 0 unspecified atom stereocenters. The third-order valence-corrected chi connectivity index (χ3v) is 3.80. The number of hydrogen-bond donors (Lipinski definition) is 0. The largest absolute Gasteiger partial charge is 0.242 e. The second-order valence-electron chi connectivity index (χ2n) is 5.93. The third kappa shape index (κ3) is 3.32. The normalized spacial score (nSPS) is 12.9. The maximum Gasteiger partial charge on any atom is 0.212 e. The van der Waals surface area contributed by atoms with E-state index in [1.54, 1.807) is 0 Å². The van der Waals surface area contributed by atoms with Gasteiger partial charge in [-0.2, -0.15) is 5.10 Å². The van der Waals surface area contributed by atoms with Crippen LogP contribution in [0.2, 0.25) is 0 Å². The standard InChI is InChI=1S/C18H25N4/c1-12-10-15(4)22(16(5)11-12)20-18(7)17(6)19-21-13(2)8-9-14(21)3/h8-11H,1-7H3/q+1/b19-17-,20-18-. The van der Waals surface area contributed by atoms with E-state index in [1.807, 2.05) is 23.2 Å². The topological polar surface area (TPSA) is 33.5 Å². The van der Waals surface area contributed by atoms with Gasteiger partial charge in [-0.25, -0.2) is 4.68 Å². The van der Waals surface area contributed by atoms with Crippen LogP contribution >= 0.6 is 0 Å². The average molecular weight is 297 g/mol. The summed E-state index contributed by atoms with van der Waals surface area (Å²) < 4.78 is 3.92. The van der Waals surface area contributed by atoms with Crippen molar-refractivity contribution < 1.29 is 4.68 Å². The van der Waals surface area contributed by atoms with E-state index in [4.69, 9.17) is 5.10 Å². The van der Waals surface area contributed by atoms with Crippen LogP contribution in [0.3, 0.4) is 0 Å². The lowest BCUT2D eigenvalue weighted by Gasteiger charge is -2.05. The highest BCUT2D eigenvalue weighted by Gasteiger charge is 2.13. The third-order valence-electron chi connectivity index (χ3n) is 3.80. The van der Waals surface area contributed by atoms with Crippen LogP contribution in [0, 0.1) is 34.6 Å². The number of rotatable bonds is 3. The molecule has 116 valence electrons. The fourth-order valence-electron chi connectivity index (χ4n) is 2.52. The fourth-order valence-corrected chi connectivity index (χ4v) is 2.52. The lowest BCUT2D eigenvalue weighted by atomic mass is 10.2. The highest BCUT2D eigenvalue weighted by molar-refractivity contribution is 6.40. The van der Waals surface area contributed by atoms with Crippen molar-refractivity contribution in [1.82, 2.24) is 4.68 Å². The van der Waals surface area contributed by atoms with Crippen molar-refractivity contribution >= 4 is 11.4 Å². The van der Waals surface area contributed by atoms with Crippen molar-refractivity contribution in [3.05, 3.63) is 52.6 Å². The summed E-state index contributed by atoms with van der Waals surface area (Å²) in [6.45, 7) is 14.4. The summed E-state index contributed by atoms with van der Waals surface area (Å²) in [6, 6.07) is 8.41. The van der Waals surface area contributed by atoms with E-state index in [9.17, 15) is 0 Å². The second kappa shape index (κ2) is 6.26. The van der Waals surface area contributed by atoms with Gasteiger partial charge < -0.3 is 0 Å². The first kappa shape index (κ1) is 16.1. The lowest BCUT2D eigenvalue weighted by molar-refractivity contribution is -0.690. The van der Waals surface area contributed by atoms with Gasteiger partial charge in [-0.15, -0.1) is 0 Å². The Morgan fingerprint density at radius 1 is 0.864 bits per heavy atom. The Morgan fingerprint density at radius 3 is 1.86 bits per heavy atom. The van der Waals surface area contributed by atoms with Gasteiger partial charge in [0.25, 0.3) is 0 Å². The molecule has 0 atom stereocenters. The molecule has 2 aromatic rings. The molecule has 2 rings (SSSR count). The van der Waals surface area contributed by atoms with Gasteiger partial charge >= 0.3 is 0 Å². The first-order chi connectivity index (χ1) is 10.3. The average Bonchev–Trinajstić information content (AvgIpc) is 2.74. The summed E-state index contributed by atoms with van der Waals surface area (Å²) in [5, 5.41) is 9.41. The van der Waals surface area contributed by atoms with E-state index < -0.39 is 0 Å². The first-order valence-electron chi connectivity index (χ1n) is 7.56. The monoisotopic (exact) mass is 297 g/mol. The van der Waals surface area contributed by atoms with Gasteiger partial charge in [-0.3, -0.25) is 0 Å². The number of nitrogens with zero attached hydrogens (tertiary/aromatic N) is 4. The molecule has 0 radical (unpaired) electrons. The Balaban J connectivity index is 2.41. The van der Waals surface area contributed by atoms with Crippen LogP contribution in [0.15, 0.2) is 34.5 Å². The van der Waals surface area contributed by atoms with Crippen LogP contribution in [0.25, 0.3) is 0 Å². The van der Waals surface area contributed by atoms with Crippen molar-refractivity contribution in [3.63, 3.8) is 0 Å². The van der Waals surface area contributed by atoms with Crippen LogP contribution in [0.4, 0.5) is 0 Å². The summed E-state index contributed by atoms with van der Waals surface area (Å²) in [4.78, 5) is 0. The van der Waals surface area contributed by atoms with Gasteiger partial charge in [0.15, 0.2) is 0 Å². The smallest absolute Gasteiger partial charge is 0.212 e. The molecule has 0 N–H and O–H groups in total. The summed E-state index contributed by atoms with van der Waals surface area (Å²) >= 11 is 0. The van der Waals surface area contributed by atoms with Crippen LogP contribution in [0.5, 0.6) is 0 Å². The summed E-state index contributed by atoms with van der Waals surface area (Å²) in [5.41, 5.74) is 7.57. The number of hydrogen-bond acceptors (Lipinski definition) is 2. The molecule has 2 aromatic heterocycles. The zero-order valence-electron chi connectivity index (χ0n) is 14.6. The molecule has 0 bridgehead atoms. The Morgan fingerprint density at radius 2 is 1.36 bits per heavy atom. The van der Waals surface area contributed by atoms with Gasteiger partial charge in [0.05, 0.1) is 5.71 Å². The zero-order valence-corrected chi connectivity index (χ0v) is 14.6. The van der Waals surface area contributed by atoms with E-state index in [2.05, 4.69) is 64.0 Å². The molecule has 0 amide bonds. The van der Waals surface area contributed by atoms with Gasteiger partial charge in [0.2, 0.25) is 11.4 Å². The quantitative estimate of drug-likeness (QED) is 0.614. The summed E-state index contributed by atoms with van der Waals surface area (Å²) in [5.74, 6) is 0. The van der Waals surface area contributed by atoms with Crippen LogP contribution in [-0.2, 0) is 0 Å². The number of aryl methyl sites for hydroxylation is 5. The molecule has 0 aliphatic rings. The Bertz CT molecular complexity index is 721. The first-order valence-corrected chi connectivity index (χ1v) is 7.56. The molecule has 0 aromatic carbocycles. The Labute approximate surface area is 132 Å². The highest BCUT2D eigenvalue weighted by Crippen LogP contribution is 2.07. The second-order valence-corrected chi connectivity index (χ2v) is 5.93. The molecular weight excluding hydrogens is 272 g/mol. The molecule has 0 spiro atoms. The fraction of sp³-hybridized carbons (Fsp3) is 0.389. The molecule has 2 heterocycles. The van der Waals surface area contributed by atoms with Crippen LogP contribution in [-0.4, -0.2) is 16.1 Å². The molecule has 0 saturated heterocycles. The molecule has 0 aliphatic carbocycles. The van der Waals surface area contributed by atoms with Crippen LogP contribution < -0.4 is 4.68 Å².